The second-order valence-electron chi connectivity index (χ2n) is 2.06. The van der Waals surface area contributed by atoms with Crippen molar-refractivity contribution < 1.29 is 0 Å². The molecule has 0 radical (unpaired) electrons. The first kappa shape index (κ1) is 9.40. The molecule has 2 N–H and O–H groups in total. The van der Waals surface area contributed by atoms with E-state index in [-0.39, 0.29) is 0 Å². The van der Waals surface area contributed by atoms with Crippen molar-refractivity contribution in [2.45, 2.75) is 12.6 Å². The summed E-state index contributed by atoms with van der Waals surface area (Å²) >= 11 is 0. The quantitative estimate of drug-likeness (QED) is 0.427. The van der Waals surface area contributed by atoms with Gasteiger partial charge < -0.3 is 5.32 Å². The largest absolute Gasteiger partial charge is 0.305 e. The van der Waals surface area contributed by atoms with E-state index in [2.05, 4.69) is 23.8 Å². The summed E-state index contributed by atoms with van der Waals surface area (Å²) in [6, 6.07) is 0. The molecular weight excluding hydrogens is 128 g/mol. The molecule has 0 aromatic rings. The van der Waals surface area contributed by atoms with E-state index >= 15 is 0 Å². The van der Waals surface area contributed by atoms with Crippen molar-refractivity contribution in [3.05, 3.63) is 25.3 Å². The normalized spacial score (nSPS) is 12.5. The van der Waals surface area contributed by atoms with Crippen LogP contribution in [0.1, 0.15) is 6.42 Å². The second kappa shape index (κ2) is 6.52. The van der Waals surface area contributed by atoms with Gasteiger partial charge in [-0.1, -0.05) is 12.2 Å². The summed E-state index contributed by atoms with van der Waals surface area (Å²) in [6.07, 6.45) is 4.99. The Hall–Kier alpha value is -0.600. The van der Waals surface area contributed by atoms with Crippen molar-refractivity contribution in [1.29, 1.82) is 0 Å². The van der Waals surface area contributed by atoms with E-state index in [9.17, 15) is 0 Å². The average molecular weight is 144 g/mol. The summed E-state index contributed by atoms with van der Waals surface area (Å²) in [7, 11) is 1.92. The molecule has 0 aromatic heterocycles. The number of hydrogen-bond acceptors (Lipinski definition) is 2. The van der Waals surface area contributed by atoms with Gasteiger partial charge in [-0.2, -0.15) is 0 Å². The Bertz CT molecular complexity index is 99.4. The molecule has 0 aromatic carbocycles. The Kier molecular flexibility index (Phi) is 6.13. The zero-order chi connectivity index (χ0) is 7.82. The van der Waals surface area contributed by atoms with E-state index < -0.39 is 0 Å². The molecule has 0 bridgehead atoms. The van der Waals surface area contributed by atoms with Crippen LogP contribution in [-0.4, -0.2) is 19.8 Å². The van der Waals surface area contributed by atoms with E-state index in [1.807, 2.05) is 19.2 Å². The number of nitrogens with one attached hydrogen (secondary N) is 2. The lowest BCUT2D eigenvalue weighted by Gasteiger charge is -2.13. The number of rotatable bonds is 6. The third-order valence-corrected chi connectivity index (χ3v) is 1.26. The predicted octanol–water partition coefficient (Wildman–Crippen LogP) is 0.884. The van der Waals surface area contributed by atoms with Crippen LogP contribution in [0.4, 0.5) is 0 Å². The van der Waals surface area contributed by atoms with Crippen molar-refractivity contribution in [3.63, 3.8) is 0 Å². The van der Waals surface area contributed by atoms with E-state index in [4.69, 9.17) is 0 Å². The molecule has 2 nitrogen and oxygen atoms in total. The molecule has 0 heterocycles. The Morgan fingerprint density at radius 3 is 2.50 bits per heavy atom. The van der Waals surface area contributed by atoms with Gasteiger partial charge in [0.1, 0.15) is 0 Å². The van der Waals surface area contributed by atoms with Crippen LogP contribution in [0, 0.1) is 0 Å². The monoisotopic (exact) mass is 144 g/mol. The minimum absolute atomic E-state index is 0.329. The highest BCUT2D eigenvalue weighted by molar-refractivity contribution is 4.78. The molecule has 0 aliphatic carbocycles. The predicted molar refractivity (Wildman–Crippen MR) is 45.9 cm³/mol. The zero-order valence-corrected chi connectivity index (χ0v) is 6.56. The molecule has 58 valence electrons. The van der Waals surface area contributed by atoms with Gasteiger partial charge in [-0.25, -0.2) is 0 Å². The molecule has 0 amide bonds. The third-order valence-electron chi connectivity index (χ3n) is 1.26. The summed E-state index contributed by atoms with van der Waals surface area (Å²) in [4.78, 5) is 0. The fraction of sp³-hybridized carbons (Fsp3) is 0.500. The van der Waals surface area contributed by atoms with Crippen molar-refractivity contribution in [2.75, 3.05) is 13.6 Å². The lowest BCUT2D eigenvalue weighted by molar-refractivity contribution is 0.482. The second-order valence-corrected chi connectivity index (χ2v) is 2.06. The van der Waals surface area contributed by atoms with Crippen molar-refractivity contribution in [2.24, 2.45) is 0 Å². The minimum Gasteiger partial charge on any atom is -0.305 e. The molecule has 10 heavy (non-hydrogen) atoms. The van der Waals surface area contributed by atoms with Gasteiger partial charge >= 0.3 is 0 Å². The third kappa shape index (κ3) is 4.30. The average Bonchev–Trinajstić information content (AvgIpc) is 1.98. The van der Waals surface area contributed by atoms with E-state index in [1.165, 1.54) is 0 Å². The van der Waals surface area contributed by atoms with Gasteiger partial charge in [-0.3, -0.25) is 5.32 Å². The molecule has 0 rings (SSSR count). The smallest absolute Gasteiger partial charge is 0.0606 e. The van der Waals surface area contributed by atoms with Gasteiger partial charge in [-0.05, 0) is 13.5 Å². The molecule has 0 spiro atoms. The van der Waals surface area contributed by atoms with Crippen LogP contribution < -0.4 is 10.6 Å². The van der Waals surface area contributed by atoms with Gasteiger partial charge in [0.25, 0.3) is 0 Å². The van der Waals surface area contributed by atoms with Gasteiger partial charge in [-0.15, -0.1) is 13.2 Å². The fourth-order valence-corrected chi connectivity index (χ4v) is 0.696. The highest BCUT2D eigenvalue weighted by atomic mass is 15.5. The van der Waals surface area contributed by atoms with Crippen LogP contribution in [0.15, 0.2) is 25.3 Å². The maximum Gasteiger partial charge on any atom is 0.0606 e. The van der Waals surface area contributed by atoms with Crippen LogP contribution in [0.3, 0.4) is 0 Å². The van der Waals surface area contributed by atoms with Gasteiger partial charge in [0.15, 0.2) is 0 Å². The standard InChI is InChI=1S/C8H16N2/c1-4-6-8(9-3)10-7-5-2/h4-5,8-10H,1-2,6-7H2,3H3/i6+2,7+2. The van der Waals surface area contributed by atoms with Crippen LogP contribution in [0.5, 0.6) is 0 Å². The summed E-state index contributed by atoms with van der Waals surface area (Å²) in [5, 5.41) is 6.33. The zero-order valence-electron chi connectivity index (χ0n) is 6.56. The lowest BCUT2D eigenvalue weighted by atomic mass is 10.8. The molecule has 1 atom stereocenters. The molecule has 1 unspecified atom stereocenters. The highest BCUT2D eigenvalue weighted by Crippen LogP contribution is 1.85. The molecule has 0 fully saturated rings. The highest BCUT2D eigenvalue weighted by Gasteiger charge is 1.97. The molecule has 0 saturated heterocycles. The summed E-state index contributed by atoms with van der Waals surface area (Å²) in [6.45, 7) is 8.09. The molecule has 0 aliphatic heterocycles. The van der Waals surface area contributed by atoms with Crippen LogP contribution in [-0.2, 0) is 0 Å². The fourth-order valence-electron chi connectivity index (χ4n) is 0.696. The minimum atomic E-state index is 0.329. The molecule has 0 saturated carbocycles. The maximum atomic E-state index is 3.65. The summed E-state index contributed by atoms with van der Waals surface area (Å²) < 4.78 is 0. The van der Waals surface area contributed by atoms with Crippen LogP contribution in [0.25, 0.3) is 0 Å². The molecular formula is C8H16N2. The SMILES string of the molecule is C=C[14CH2]NC([14CH2]C=C)NC. The van der Waals surface area contributed by atoms with Gasteiger partial charge in [0.2, 0.25) is 0 Å². The van der Waals surface area contributed by atoms with Crippen LogP contribution in [0.2, 0.25) is 0 Å². The topological polar surface area (TPSA) is 24.1 Å². The number of hydrogen-bond donors (Lipinski definition) is 2. The maximum absolute atomic E-state index is 3.65. The van der Waals surface area contributed by atoms with E-state index in [1.54, 1.807) is 0 Å². The molecule has 0 aliphatic rings. The first-order valence-electron chi connectivity index (χ1n) is 3.47. The van der Waals surface area contributed by atoms with Gasteiger partial charge in [0, 0.05) is 6.54 Å². The Morgan fingerprint density at radius 2 is 2.10 bits per heavy atom. The molecule has 2 heteroatoms. The summed E-state index contributed by atoms with van der Waals surface area (Å²) in [5.74, 6) is 0. The van der Waals surface area contributed by atoms with Crippen molar-refractivity contribution in [1.82, 2.24) is 10.6 Å². The lowest BCUT2D eigenvalue weighted by Crippen LogP contribution is -2.39. The first-order chi connectivity index (χ1) is 4.85. The Morgan fingerprint density at radius 1 is 1.40 bits per heavy atom. The summed E-state index contributed by atoms with van der Waals surface area (Å²) in [5.41, 5.74) is 0. The van der Waals surface area contributed by atoms with Crippen molar-refractivity contribution in [3.8, 4) is 0 Å². The van der Waals surface area contributed by atoms with E-state index in [0.717, 1.165) is 13.0 Å². The van der Waals surface area contributed by atoms with Crippen LogP contribution >= 0.6 is 0 Å². The van der Waals surface area contributed by atoms with E-state index in [0.29, 0.717) is 6.17 Å². The Balaban J connectivity index is 3.38. The van der Waals surface area contributed by atoms with Gasteiger partial charge in [0.05, 0.1) is 6.17 Å². The Labute approximate surface area is 63.0 Å². The first-order valence-corrected chi connectivity index (χ1v) is 3.47. The van der Waals surface area contributed by atoms with Crippen molar-refractivity contribution >= 4 is 0 Å².